The zero-order chi connectivity index (χ0) is 45.4. The van der Waals surface area contributed by atoms with Gasteiger partial charge in [-0.05, 0) is 74.8 Å². The van der Waals surface area contributed by atoms with Crippen LogP contribution < -0.4 is 26.2 Å². The largest absolute Gasteiger partial charge is 0.378 e. The molecular formula is C48H58N12O6. The second kappa shape index (κ2) is 20.8. The van der Waals surface area contributed by atoms with Gasteiger partial charge < -0.3 is 35.2 Å². The Morgan fingerprint density at radius 1 is 0.833 bits per heavy atom. The summed E-state index contributed by atoms with van der Waals surface area (Å²) in [6, 6.07) is 23.4. The third-order valence-corrected chi connectivity index (χ3v) is 12.8. The predicted octanol–water partition coefficient (Wildman–Crippen LogP) is 4.92. The molecule has 1 aliphatic carbocycles. The lowest BCUT2D eigenvalue weighted by Gasteiger charge is -2.36. The first-order valence-corrected chi connectivity index (χ1v) is 23.1. The number of aromatic nitrogens is 4. The number of hydrogen-bond donors (Lipinski definition) is 4. The molecule has 5 aromatic rings. The van der Waals surface area contributed by atoms with Crippen molar-refractivity contribution in [2.45, 2.75) is 57.2 Å². The van der Waals surface area contributed by atoms with E-state index in [2.05, 4.69) is 64.9 Å². The van der Waals surface area contributed by atoms with Crippen molar-refractivity contribution in [1.82, 2.24) is 39.5 Å². The summed E-state index contributed by atoms with van der Waals surface area (Å²) in [6.07, 6.45) is 6.90. The monoisotopic (exact) mass is 898 g/mol. The van der Waals surface area contributed by atoms with Gasteiger partial charge in [-0.25, -0.2) is 9.97 Å². The summed E-state index contributed by atoms with van der Waals surface area (Å²) in [5, 5.41) is 12.2. The van der Waals surface area contributed by atoms with E-state index in [0.717, 1.165) is 74.1 Å². The van der Waals surface area contributed by atoms with Gasteiger partial charge in [-0.1, -0.05) is 37.1 Å². The fourth-order valence-electron chi connectivity index (χ4n) is 9.27. The quantitative estimate of drug-likeness (QED) is 0.0646. The Morgan fingerprint density at radius 2 is 1.59 bits per heavy atom. The van der Waals surface area contributed by atoms with Crippen molar-refractivity contribution in [2.24, 2.45) is 0 Å². The van der Waals surface area contributed by atoms with Crippen molar-refractivity contribution in [1.29, 1.82) is 0 Å². The normalized spacial score (nSPS) is 18.0. The number of likely N-dealkylation sites (N-methyl/N-ethyl adjacent to an activating group) is 1. The Kier molecular flexibility index (Phi) is 14.1. The van der Waals surface area contributed by atoms with Gasteiger partial charge in [0.1, 0.15) is 11.6 Å². The second-order valence-electron chi connectivity index (χ2n) is 17.4. The van der Waals surface area contributed by atoms with Crippen LogP contribution in [0.25, 0.3) is 11.2 Å². The first kappa shape index (κ1) is 44.7. The summed E-state index contributed by atoms with van der Waals surface area (Å²) >= 11 is 0. The van der Waals surface area contributed by atoms with Crippen molar-refractivity contribution in [3.05, 3.63) is 90.1 Å². The van der Waals surface area contributed by atoms with E-state index in [1.54, 1.807) is 24.4 Å². The maximum atomic E-state index is 13.1. The van der Waals surface area contributed by atoms with Gasteiger partial charge in [0.25, 0.3) is 5.91 Å². The number of nitrogens with one attached hydrogen (secondary N) is 4. The van der Waals surface area contributed by atoms with Crippen molar-refractivity contribution in [3.8, 4) is 0 Å². The number of piperazine rings is 1. The molecule has 66 heavy (non-hydrogen) atoms. The second-order valence-corrected chi connectivity index (χ2v) is 17.4. The lowest BCUT2D eigenvalue weighted by molar-refractivity contribution is -0.137. The van der Waals surface area contributed by atoms with E-state index in [9.17, 15) is 19.2 Å². The molecule has 9 rings (SSSR count). The molecule has 2 aromatic heterocycles. The number of hydrogen-bond acceptors (Lipinski definition) is 14. The van der Waals surface area contributed by atoms with Crippen molar-refractivity contribution < 1.29 is 28.7 Å². The number of benzene rings is 3. The number of carbonyl (C=O) groups is 4. The molecule has 18 nitrogen and oxygen atoms in total. The minimum Gasteiger partial charge on any atom is -0.378 e. The number of para-hydroxylation sites is 1. The first-order chi connectivity index (χ1) is 32.3. The van der Waals surface area contributed by atoms with Gasteiger partial charge >= 0.3 is 0 Å². The number of ether oxygens (including phenoxy) is 2. The molecule has 1 saturated carbocycles. The Morgan fingerprint density at radius 3 is 2.36 bits per heavy atom. The third kappa shape index (κ3) is 10.6. The predicted molar refractivity (Wildman–Crippen MR) is 251 cm³/mol. The van der Waals surface area contributed by atoms with Crippen molar-refractivity contribution >= 4 is 69.4 Å². The van der Waals surface area contributed by atoms with Crippen LogP contribution in [0.5, 0.6) is 0 Å². The molecule has 3 aliphatic heterocycles. The average molecular weight is 899 g/mol. The zero-order valence-electron chi connectivity index (χ0n) is 37.4. The van der Waals surface area contributed by atoms with Crippen LogP contribution in [0.4, 0.5) is 34.6 Å². The number of carbonyl (C=O) groups excluding carboxylic acids is 4. The Bertz CT molecular complexity index is 2510. The third-order valence-electron chi connectivity index (χ3n) is 12.8. The van der Waals surface area contributed by atoms with Gasteiger partial charge in [-0.15, -0.1) is 0 Å². The minimum absolute atomic E-state index is 0.139. The molecule has 346 valence electrons. The molecular weight excluding hydrogens is 841 g/mol. The van der Waals surface area contributed by atoms with Crippen LogP contribution in [0.1, 0.15) is 60.5 Å². The maximum Gasteiger partial charge on any atom is 0.255 e. The van der Waals surface area contributed by atoms with E-state index in [4.69, 9.17) is 19.4 Å². The van der Waals surface area contributed by atoms with Crippen LogP contribution >= 0.6 is 0 Å². The fourth-order valence-corrected chi connectivity index (χ4v) is 9.27. The number of anilines is 6. The van der Waals surface area contributed by atoms with E-state index in [-0.39, 0.29) is 43.7 Å². The van der Waals surface area contributed by atoms with Crippen LogP contribution in [-0.2, 0) is 30.4 Å². The molecule has 1 atom stereocenters. The Hall–Kier alpha value is -6.47. The van der Waals surface area contributed by atoms with Gasteiger partial charge in [0, 0.05) is 92.2 Å². The van der Waals surface area contributed by atoms with Gasteiger partial charge in [-0.3, -0.25) is 38.9 Å². The molecule has 3 aromatic carbocycles. The van der Waals surface area contributed by atoms with E-state index < -0.39 is 11.9 Å². The van der Waals surface area contributed by atoms with E-state index in [1.807, 2.05) is 42.3 Å². The van der Waals surface area contributed by atoms with Crippen LogP contribution in [-0.4, -0.2) is 143 Å². The Balaban J connectivity index is 0.647. The highest BCUT2D eigenvalue weighted by Crippen LogP contribution is 2.36. The lowest BCUT2D eigenvalue weighted by Crippen LogP contribution is -2.52. The Labute approximate surface area is 384 Å². The maximum absolute atomic E-state index is 13.1. The van der Waals surface area contributed by atoms with Crippen LogP contribution in [0, 0.1) is 0 Å². The summed E-state index contributed by atoms with van der Waals surface area (Å²) in [6.45, 7) is 7.55. The summed E-state index contributed by atoms with van der Waals surface area (Å²) < 4.78 is 13.9. The average Bonchev–Trinajstić information content (AvgIpc) is 4.06. The van der Waals surface area contributed by atoms with Gasteiger partial charge in [0.2, 0.25) is 29.6 Å². The molecule has 0 radical (unpaired) electrons. The van der Waals surface area contributed by atoms with Crippen LogP contribution in [0.3, 0.4) is 0 Å². The number of fused-ring (bicyclic) bond motifs is 2. The number of amides is 4. The SMILES string of the molecule is CN(CCOCCOCCN1CCN(c2ccc(Nc3ncc4nc(Nc5ccccc5)n(C5CCCC5)c4n3)cc2)CC1)CC(=O)Nc1cccc2c1CN(C1CCC(=O)NC1=O)C2=O. The number of nitrogens with zero attached hydrogens (tertiary/aromatic N) is 8. The van der Waals surface area contributed by atoms with E-state index in [0.29, 0.717) is 61.8 Å². The molecule has 4 amide bonds. The molecule has 1 unspecified atom stereocenters. The highest BCUT2D eigenvalue weighted by Gasteiger charge is 2.40. The standard InChI is InChI=1S/C48H58N12O6/c1-56(32-43(62)52-39-13-7-12-37-38(39)31-59(46(37)64)41-18-19-42(61)54-45(41)63)24-26-65-28-29-66-27-25-57-20-22-58(23-21-57)35-16-14-34(15-17-35)50-47-49-30-40-44(55-47)60(36-10-5-6-11-36)48(53-40)51-33-8-3-2-4-9-33/h2-4,7-9,12-17,30,36,41H,5-6,10-11,18-29,31-32H2,1H3,(H,51,53)(H,52,62)(H,49,50,55)(H,54,61,63). The molecule has 0 spiro atoms. The number of rotatable bonds is 19. The van der Waals surface area contributed by atoms with Crippen molar-refractivity contribution in [2.75, 3.05) is 100 Å². The summed E-state index contributed by atoms with van der Waals surface area (Å²) in [5.74, 6) is 0.0469. The molecule has 2 saturated heterocycles. The first-order valence-electron chi connectivity index (χ1n) is 23.1. The minimum atomic E-state index is -0.715. The number of imide groups is 1. The van der Waals surface area contributed by atoms with E-state index >= 15 is 0 Å². The fraction of sp³-hybridized carbons (Fsp3) is 0.438. The summed E-state index contributed by atoms with van der Waals surface area (Å²) in [5.41, 5.74) is 6.38. The lowest BCUT2D eigenvalue weighted by atomic mass is 10.0. The molecule has 0 bridgehead atoms. The zero-order valence-corrected chi connectivity index (χ0v) is 37.4. The summed E-state index contributed by atoms with van der Waals surface area (Å²) in [4.78, 5) is 72.8. The highest BCUT2D eigenvalue weighted by atomic mass is 16.5. The van der Waals surface area contributed by atoms with Gasteiger partial charge in [-0.2, -0.15) is 4.98 Å². The van der Waals surface area contributed by atoms with E-state index in [1.165, 1.54) is 23.4 Å². The molecule has 3 fully saturated rings. The smallest absolute Gasteiger partial charge is 0.255 e. The van der Waals surface area contributed by atoms with Crippen molar-refractivity contribution in [3.63, 3.8) is 0 Å². The van der Waals surface area contributed by atoms with Gasteiger partial charge in [0.15, 0.2) is 5.65 Å². The molecule has 4 N–H and O–H groups in total. The van der Waals surface area contributed by atoms with Crippen LogP contribution in [0.2, 0.25) is 0 Å². The van der Waals surface area contributed by atoms with Crippen LogP contribution in [0.15, 0.2) is 79.0 Å². The topological polar surface area (TPSA) is 191 Å². The molecule has 18 heteroatoms. The molecule has 4 aliphatic rings. The molecule has 5 heterocycles. The number of imidazole rings is 1. The highest BCUT2D eigenvalue weighted by molar-refractivity contribution is 6.07. The number of piperidine rings is 1. The summed E-state index contributed by atoms with van der Waals surface area (Å²) in [7, 11) is 1.85. The van der Waals surface area contributed by atoms with Gasteiger partial charge in [0.05, 0.1) is 39.2 Å².